The lowest BCUT2D eigenvalue weighted by molar-refractivity contribution is 1.07. The predicted molar refractivity (Wildman–Crippen MR) is 122 cm³/mol. The predicted octanol–water partition coefficient (Wildman–Crippen LogP) is 4.41. The smallest absolute Gasteiger partial charge is 0.164 e. The molecule has 0 spiro atoms. The van der Waals surface area contributed by atoms with Gasteiger partial charge >= 0.3 is 0 Å². The summed E-state index contributed by atoms with van der Waals surface area (Å²) < 4.78 is 2.05. The van der Waals surface area contributed by atoms with Crippen molar-refractivity contribution in [3.63, 3.8) is 0 Å². The number of hydrogen-bond donors (Lipinski definition) is 3. The molecule has 0 aliphatic carbocycles. The van der Waals surface area contributed by atoms with Gasteiger partial charge in [-0.05, 0) is 58.8 Å². The zero-order valence-electron chi connectivity index (χ0n) is 15.6. The molecule has 0 aliphatic rings. The molecule has 4 rings (SSSR count). The van der Waals surface area contributed by atoms with Crippen LogP contribution < -0.4 is 11.5 Å². The first-order chi connectivity index (χ1) is 14.2. The van der Waals surface area contributed by atoms with E-state index >= 15 is 0 Å². The second-order valence-electron chi connectivity index (χ2n) is 6.43. The van der Waals surface area contributed by atoms with Gasteiger partial charge in [0.2, 0.25) is 0 Å². The van der Waals surface area contributed by atoms with Crippen LogP contribution in [0.1, 0.15) is 5.56 Å². The first-order valence-corrected chi connectivity index (χ1v) is 9.92. The fraction of sp³-hybridized carbons (Fsp3) is 0.0455. The van der Waals surface area contributed by atoms with E-state index in [0.29, 0.717) is 11.7 Å². The zero-order valence-corrected chi connectivity index (χ0v) is 16.4. The first-order valence-electron chi connectivity index (χ1n) is 9.04. The number of nitrogens with one attached hydrogen (secondary N) is 1. The van der Waals surface area contributed by atoms with Gasteiger partial charge in [-0.25, -0.2) is 9.98 Å². The Morgan fingerprint density at radius 3 is 2.69 bits per heavy atom. The van der Waals surface area contributed by atoms with Gasteiger partial charge in [-0.15, -0.1) is 0 Å². The lowest BCUT2D eigenvalue weighted by atomic mass is 10.0. The number of rotatable bonds is 5. The molecule has 6 nitrogen and oxygen atoms in total. The van der Waals surface area contributed by atoms with Gasteiger partial charge in [-0.2, -0.15) is 0 Å². The second-order valence-corrected chi connectivity index (χ2v) is 7.32. The van der Waals surface area contributed by atoms with Crippen LogP contribution >= 0.6 is 11.8 Å². The maximum atomic E-state index is 7.11. The lowest BCUT2D eigenvalue weighted by Crippen LogP contribution is -2.05. The summed E-state index contributed by atoms with van der Waals surface area (Å²) in [6, 6.07) is 20.2. The van der Waals surface area contributed by atoms with Crippen LogP contribution in [0, 0.1) is 5.41 Å². The van der Waals surface area contributed by atoms with E-state index in [-0.39, 0.29) is 0 Å². The van der Waals surface area contributed by atoms with Crippen LogP contribution in [-0.2, 0) is 6.54 Å². The molecule has 29 heavy (non-hydrogen) atoms. The number of imidazole rings is 1. The van der Waals surface area contributed by atoms with E-state index in [9.17, 15) is 0 Å². The number of nitrogens with two attached hydrogens (primary N) is 2. The number of thioether (sulfide) groups is 1. The van der Waals surface area contributed by atoms with Crippen molar-refractivity contribution in [3.8, 4) is 22.4 Å². The SMILES string of the molecule is N=CSC(N)=Nc1cccc(-c2cnc3cc(-c4cccc(CN)c4)ccn23)c1. The summed E-state index contributed by atoms with van der Waals surface area (Å²) in [7, 11) is 0. The molecule has 4 aromatic rings. The molecule has 144 valence electrons. The van der Waals surface area contributed by atoms with Crippen LogP contribution in [-0.4, -0.2) is 20.1 Å². The Hall–Kier alpha value is -3.42. The molecule has 0 atom stereocenters. The molecule has 0 unspecified atom stereocenters. The van der Waals surface area contributed by atoms with Gasteiger partial charge in [0.15, 0.2) is 5.17 Å². The Labute approximate surface area is 172 Å². The molecule has 2 heterocycles. The number of aliphatic imine (C=N–C) groups is 1. The molecule has 7 heteroatoms. The average molecular weight is 401 g/mol. The summed E-state index contributed by atoms with van der Waals surface area (Å²) in [4.78, 5) is 8.92. The van der Waals surface area contributed by atoms with E-state index in [0.717, 1.165) is 56.6 Å². The van der Waals surface area contributed by atoms with E-state index in [1.165, 1.54) is 0 Å². The van der Waals surface area contributed by atoms with Crippen LogP contribution in [0.2, 0.25) is 0 Å². The molecule has 0 amide bonds. The van der Waals surface area contributed by atoms with Gasteiger partial charge in [0.25, 0.3) is 0 Å². The summed E-state index contributed by atoms with van der Waals surface area (Å²) in [6.07, 6.45) is 3.88. The van der Waals surface area contributed by atoms with Gasteiger partial charge < -0.3 is 16.9 Å². The topological polar surface area (TPSA) is 106 Å². The third kappa shape index (κ3) is 4.06. The van der Waals surface area contributed by atoms with Crippen LogP contribution in [0.15, 0.2) is 78.0 Å². The van der Waals surface area contributed by atoms with Crippen molar-refractivity contribution < 1.29 is 0 Å². The third-order valence-corrected chi connectivity index (χ3v) is 5.02. The van der Waals surface area contributed by atoms with Gasteiger partial charge in [-0.1, -0.05) is 30.3 Å². The first kappa shape index (κ1) is 18.9. The Morgan fingerprint density at radius 2 is 1.86 bits per heavy atom. The number of pyridine rings is 1. The fourth-order valence-electron chi connectivity index (χ4n) is 3.20. The number of nitrogens with zero attached hydrogens (tertiary/aromatic N) is 3. The highest BCUT2D eigenvalue weighted by Gasteiger charge is 2.08. The van der Waals surface area contributed by atoms with Gasteiger partial charge in [0.05, 0.1) is 23.1 Å². The van der Waals surface area contributed by atoms with E-state index in [1.54, 1.807) is 0 Å². The largest absolute Gasteiger partial charge is 0.378 e. The van der Waals surface area contributed by atoms with Gasteiger partial charge in [0.1, 0.15) is 5.65 Å². The summed E-state index contributed by atoms with van der Waals surface area (Å²) >= 11 is 1.08. The molecule has 5 N–H and O–H groups in total. The van der Waals surface area contributed by atoms with E-state index < -0.39 is 0 Å². The summed E-state index contributed by atoms with van der Waals surface area (Å²) in [5.74, 6) is 0. The van der Waals surface area contributed by atoms with Crippen molar-refractivity contribution in [1.82, 2.24) is 9.38 Å². The lowest BCUT2D eigenvalue weighted by Gasteiger charge is -2.07. The number of amidine groups is 1. The molecular formula is C22H20N6S. The number of aromatic nitrogens is 2. The van der Waals surface area contributed by atoms with E-state index in [1.807, 2.05) is 48.8 Å². The Kier molecular flexibility index (Phi) is 5.41. The zero-order chi connectivity index (χ0) is 20.2. The fourth-order valence-corrected chi connectivity index (χ4v) is 3.48. The van der Waals surface area contributed by atoms with Crippen LogP contribution in [0.25, 0.3) is 28.0 Å². The summed E-state index contributed by atoms with van der Waals surface area (Å²) in [6.45, 7) is 0.519. The highest BCUT2D eigenvalue weighted by Crippen LogP contribution is 2.28. The second kappa shape index (κ2) is 8.30. The maximum absolute atomic E-state index is 7.11. The number of fused-ring (bicyclic) bond motifs is 1. The van der Waals surface area contributed by atoms with Gasteiger partial charge in [-0.3, -0.25) is 4.40 Å². The Bertz CT molecular complexity index is 1210. The number of benzene rings is 2. The molecule has 2 aromatic heterocycles. The van der Waals surface area contributed by atoms with Crippen LogP contribution in [0.3, 0.4) is 0 Å². The Balaban J connectivity index is 1.71. The van der Waals surface area contributed by atoms with Crippen molar-refractivity contribution in [1.29, 1.82) is 5.41 Å². The van der Waals surface area contributed by atoms with Crippen molar-refractivity contribution >= 4 is 33.8 Å². The third-order valence-electron chi connectivity index (χ3n) is 4.57. The molecule has 0 saturated carbocycles. The van der Waals surface area contributed by atoms with Crippen molar-refractivity contribution in [3.05, 3.63) is 78.6 Å². The highest BCUT2D eigenvalue weighted by molar-refractivity contribution is 8.24. The van der Waals surface area contributed by atoms with Crippen LogP contribution in [0.4, 0.5) is 5.69 Å². The normalized spacial score (nSPS) is 11.7. The molecular weight excluding hydrogens is 380 g/mol. The van der Waals surface area contributed by atoms with Crippen LogP contribution in [0.5, 0.6) is 0 Å². The minimum Gasteiger partial charge on any atom is -0.378 e. The molecule has 2 aromatic carbocycles. The minimum absolute atomic E-state index is 0.333. The number of hydrogen-bond acceptors (Lipinski definition) is 5. The minimum atomic E-state index is 0.333. The van der Waals surface area contributed by atoms with E-state index in [4.69, 9.17) is 16.9 Å². The molecule has 0 fully saturated rings. The van der Waals surface area contributed by atoms with Gasteiger partial charge in [0, 0.05) is 18.3 Å². The van der Waals surface area contributed by atoms with E-state index in [2.05, 4.69) is 38.6 Å². The molecule has 0 radical (unpaired) electrons. The standard InChI is InChI=1S/C22H20N6S/c23-12-15-3-1-4-16(9-15)17-7-8-28-20(13-26-21(28)11-17)18-5-2-6-19(10-18)27-22(25)29-14-24/h1-11,13-14,24H,12,23H2,(H2,25,27). The molecule has 0 saturated heterocycles. The monoisotopic (exact) mass is 400 g/mol. The average Bonchev–Trinajstić information content (AvgIpc) is 3.17. The van der Waals surface area contributed by atoms with Crippen molar-refractivity contribution in [2.24, 2.45) is 16.5 Å². The highest BCUT2D eigenvalue weighted by atomic mass is 32.2. The van der Waals surface area contributed by atoms with Crippen molar-refractivity contribution in [2.75, 3.05) is 0 Å². The quantitative estimate of drug-likeness (QED) is 0.341. The molecule has 0 bridgehead atoms. The Morgan fingerprint density at radius 1 is 1.07 bits per heavy atom. The summed E-state index contributed by atoms with van der Waals surface area (Å²) in [5.41, 5.74) is 19.6. The maximum Gasteiger partial charge on any atom is 0.164 e. The van der Waals surface area contributed by atoms with Crippen molar-refractivity contribution in [2.45, 2.75) is 6.54 Å². The summed E-state index contributed by atoms with van der Waals surface area (Å²) in [5, 5.41) is 7.44. The molecule has 0 aliphatic heterocycles.